The third-order valence-electron chi connectivity index (χ3n) is 5.00. The largest absolute Gasteiger partial charge is 0.479 e. The highest BCUT2D eigenvalue weighted by molar-refractivity contribution is 5.95. The molecule has 2 aliphatic heterocycles. The molecule has 0 radical (unpaired) electrons. The van der Waals surface area contributed by atoms with Crippen LogP contribution in [0.15, 0.2) is 30.5 Å². The molecule has 0 aliphatic carbocycles. The molecule has 0 amide bonds. The Labute approximate surface area is 158 Å². The molecule has 1 spiro atoms. The van der Waals surface area contributed by atoms with Gasteiger partial charge in [0.25, 0.3) is 0 Å². The van der Waals surface area contributed by atoms with Gasteiger partial charge in [-0.3, -0.25) is 0 Å². The molecule has 0 saturated carbocycles. The Balaban J connectivity index is 1.96. The summed E-state index contributed by atoms with van der Waals surface area (Å²) in [7, 11) is 0. The number of nitriles is 1. The van der Waals surface area contributed by atoms with E-state index in [0.717, 1.165) is 30.2 Å². The molecule has 2 aliphatic rings. The summed E-state index contributed by atoms with van der Waals surface area (Å²) in [6.45, 7) is 7.04. The van der Waals surface area contributed by atoms with E-state index >= 15 is 0 Å². The molecule has 1 aromatic carbocycles. The van der Waals surface area contributed by atoms with Crippen molar-refractivity contribution in [3.05, 3.63) is 47.3 Å². The molecule has 0 atom stereocenters. The van der Waals surface area contributed by atoms with Gasteiger partial charge in [-0.15, -0.1) is 0 Å². The summed E-state index contributed by atoms with van der Waals surface area (Å²) in [5.41, 5.74) is 0.909. The van der Waals surface area contributed by atoms with Gasteiger partial charge in [-0.2, -0.15) is 5.26 Å². The maximum absolute atomic E-state index is 13.1. The Morgan fingerprint density at radius 2 is 2.00 bits per heavy atom. The third kappa shape index (κ3) is 2.88. The van der Waals surface area contributed by atoms with E-state index < -0.39 is 17.2 Å². The first-order chi connectivity index (χ1) is 12.8. The maximum atomic E-state index is 13.1. The van der Waals surface area contributed by atoms with Crippen LogP contribution in [-0.2, 0) is 10.3 Å². The number of piperidine rings is 1. The number of nitrogens with zero attached hydrogens (tertiary/aromatic N) is 2. The van der Waals surface area contributed by atoms with Crippen molar-refractivity contribution in [3.8, 4) is 17.5 Å². The lowest BCUT2D eigenvalue weighted by molar-refractivity contribution is 0.00124. The molecule has 0 unspecified atom stereocenters. The van der Waals surface area contributed by atoms with Crippen LogP contribution >= 0.6 is 0 Å². The molecule has 1 N–H and O–H groups in total. The summed E-state index contributed by atoms with van der Waals surface area (Å²) >= 11 is 0. The highest BCUT2D eigenvalue weighted by Crippen LogP contribution is 2.46. The van der Waals surface area contributed by atoms with E-state index in [-0.39, 0.29) is 0 Å². The fourth-order valence-electron chi connectivity index (χ4n) is 3.93. The smallest absolute Gasteiger partial charge is 0.342 e. The Morgan fingerprint density at radius 1 is 1.30 bits per heavy atom. The van der Waals surface area contributed by atoms with E-state index in [9.17, 15) is 10.1 Å². The van der Waals surface area contributed by atoms with Gasteiger partial charge in [0.1, 0.15) is 23.0 Å². The third-order valence-corrected chi connectivity index (χ3v) is 5.00. The minimum atomic E-state index is -0.652. The van der Waals surface area contributed by atoms with Crippen molar-refractivity contribution in [3.63, 3.8) is 0 Å². The lowest BCUT2D eigenvalue weighted by Gasteiger charge is -2.42. The summed E-state index contributed by atoms with van der Waals surface area (Å²) in [4.78, 5) is 13.1. The number of hydrogen-bond donors (Lipinski definition) is 1. The number of ether oxygens (including phenoxy) is 2. The number of rotatable bonds is 1. The Bertz CT molecular complexity index is 941. The fourth-order valence-corrected chi connectivity index (χ4v) is 3.93. The quantitative estimate of drug-likeness (QED) is 0.785. The van der Waals surface area contributed by atoms with Gasteiger partial charge in [-0.05, 0) is 46.0 Å². The number of nitrogens with one attached hydrogen (secondary N) is 1. The van der Waals surface area contributed by atoms with Gasteiger partial charge < -0.3 is 19.4 Å². The zero-order valence-corrected chi connectivity index (χ0v) is 15.8. The normalized spacial score (nSPS) is 17.4. The highest BCUT2D eigenvalue weighted by atomic mass is 16.6. The van der Waals surface area contributed by atoms with Crippen molar-refractivity contribution >= 4 is 5.97 Å². The molecule has 2 aromatic rings. The summed E-state index contributed by atoms with van der Waals surface area (Å²) in [6, 6.07) is 9.90. The lowest BCUT2D eigenvalue weighted by Crippen LogP contribution is -2.47. The number of carbonyl (C=O) groups is 1. The monoisotopic (exact) mass is 365 g/mol. The van der Waals surface area contributed by atoms with Gasteiger partial charge in [-0.25, -0.2) is 4.79 Å². The molecule has 140 valence electrons. The van der Waals surface area contributed by atoms with Gasteiger partial charge >= 0.3 is 5.97 Å². The number of carbonyl (C=O) groups excluding carboxylic acids is 1. The van der Waals surface area contributed by atoms with Crippen molar-refractivity contribution in [2.75, 3.05) is 13.1 Å². The van der Waals surface area contributed by atoms with Crippen LogP contribution in [0.3, 0.4) is 0 Å². The number of hydrogen-bond acceptors (Lipinski definition) is 5. The van der Waals surface area contributed by atoms with E-state index in [0.29, 0.717) is 24.0 Å². The molecule has 6 nitrogen and oxygen atoms in total. The van der Waals surface area contributed by atoms with Crippen LogP contribution in [-0.4, -0.2) is 29.2 Å². The van der Waals surface area contributed by atoms with E-state index in [1.807, 2.05) is 49.6 Å². The molecule has 27 heavy (non-hydrogen) atoms. The minimum absolute atomic E-state index is 0.317. The Morgan fingerprint density at radius 3 is 2.67 bits per heavy atom. The van der Waals surface area contributed by atoms with Crippen LogP contribution in [0, 0.1) is 11.3 Å². The topological polar surface area (TPSA) is 76.3 Å². The van der Waals surface area contributed by atoms with Crippen molar-refractivity contribution in [1.29, 1.82) is 5.26 Å². The van der Waals surface area contributed by atoms with Crippen LogP contribution in [0.25, 0.3) is 5.69 Å². The summed E-state index contributed by atoms with van der Waals surface area (Å²) < 4.78 is 14.1. The average Bonchev–Trinajstić information content (AvgIpc) is 3.02. The van der Waals surface area contributed by atoms with Crippen molar-refractivity contribution in [2.45, 2.75) is 44.8 Å². The van der Waals surface area contributed by atoms with Crippen LogP contribution in [0.5, 0.6) is 5.75 Å². The first kappa shape index (κ1) is 17.6. The van der Waals surface area contributed by atoms with E-state index in [1.165, 1.54) is 0 Å². The fraction of sp³-hybridized carbons (Fsp3) is 0.429. The number of aromatic nitrogens is 1. The molecule has 0 bridgehead atoms. The summed E-state index contributed by atoms with van der Waals surface area (Å²) in [5, 5.41) is 13.1. The van der Waals surface area contributed by atoms with Crippen LogP contribution in [0.4, 0.5) is 0 Å². The first-order valence-electron chi connectivity index (χ1n) is 9.23. The molecule has 6 heteroatoms. The maximum Gasteiger partial charge on any atom is 0.342 e. The predicted molar refractivity (Wildman–Crippen MR) is 100 cm³/mol. The van der Waals surface area contributed by atoms with Crippen molar-refractivity contribution in [1.82, 2.24) is 9.88 Å². The van der Waals surface area contributed by atoms with Crippen molar-refractivity contribution in [2.24, 2.45) is 0 Å². The van der Waals surface area contributed by atoms with Gasteiger partial charge in [-0.1, -0.05) is 12.1 Å². The zero-order valence-electron chi connectivity index (χ0n) is 15.8. The second-order valence-electron chi connectivity index (χ2n) is 8.06. The molecular weight excluding hydrogens is 342 g/mol. The highest BCUT2D eigenvalue weighted by Gasteiger charge is 2.47. The van der Waals surface area contributed by atoms with E-state index in [1.54, 1.807) is 6.20 Å². The van der Waals surface area contributed by atoms with Gasteiger partial charge in [0.2, 0.25) is 0 Å². The molecule has 3 heterocycles. The lowest BCUT2D eigenvalue weighted by atomic mass is 9.84. The van der Waals surface area contributed by atoms with Gasteiger partial charge in [0, 0.05) is 19.0 Å². The van der Waals surface area contributed by atoms with Crippen LogP contribution in [0.2, 0.25) is 0 Å². The van der Waals surface area contributed by atoms with E-state index in [4.69, 9.17) is 9.47 Å². The van der Waals surface area contributed by atoms with Gasteiger partial charge in [0.05, 0.1) is 16.9 Å². The Hall–Kier alpha value is -2.78. The van der Waals surface area contributed by atoms with Gasteiger partial charge in [0.15, 0.2) is 5.60 Å². The minimum Gasteiger partial charge on any atom is -0.479 e. The second-order valence-corrected chi connectivity index (χ2v) is 8.06. The number of fused-ring (bicyclic) bond motifs is 4. The first-order valence-corrected chi connectivity index (χ1v) is 9.23. The van der Waals surface area contributed by atoms with E-state index in [2.05, 4.69) is 11.4 Å². The number of esters is 1. The SMILES string of the molecule is CC(C)(C)OC(=O)c1c(C#N)cn2c1C1(CCNCC1)Oc1ccccc1-2. The molecular formula is C21H23N3O3. The summed E-state index contributed by atoms with van der Waals surface area (Å²) in [6.07, 6.45) is 3.16. The number of benzene rings is 1. The zero-order chi connectivity index (χ0) is 19.2. The predicted octanol–water partition coefficient (Wildman–Crippen LogP) is 3.28. The summed E-state index contributed by atoms with van der Waals surface area (Å²) in [5.74, 6) is 0.288. The Kier molecular flexibility index (Phi) is 4.01. The molecule has 4 rings (SSSR count). The molecule has 1 saturated heterocycles. The average molecular weight is 365 g/mol. The standard InChI is InChI=1S/C21H23N3O3/c1-20(2,3)27-19(25)17-14(12-22)13-24-15-6-4-5-7-16(15)26-21(18(17)24)8-10-23-11-9-21/h4-7,13,23H,8-11H2,1-3H3. The molecule has 1 aromatic heterocycles. The molecule has 1 fully saturated rings. The second kappa shape index (κ2) is 6.14. The van der Waals surface area contributed by atoms with Crippen LogP contribution < -0.4 is 10.1 Å². The van der Waals surface area contributed by atoms with Crippen molar-refractivity contribution < 1.29 is 14.3 Å². The van der Waals surface area contributed by atoms with Crippen LogP contribution in [0.1, 0.15) is 55.2 Å². The number of para-hydroxylation sites is 2.